The van der Waals surface area contributed by atoms with Crippen molar-refractivity contribution in [1.29, 1.82) is 0 Å². The number of urea groups is 1. The van der Waals surface area contributed by atoms with Crippen LogP contribution in [0.2, 0.25) is 0 Å². The average molecular weight is 369 g/mol. The Balaban J connectivity index is 1.81. The summed E-state index contributed by atoms with van der Waals surface area (Å²) in [5.74, 6) is -0.0119. The Bertz CT molecular complexity index is 866. The minimum Gasteiger partial charge on any atom is -0.384 e. The fourth-order valence-electron chi connectivity index (χ4n) is 4.15. The van der Waals surface area contributed by atoms with Crippen LogP contribution in [0.15, 0.2) is 30.5 Å². The molecule has 2 aliphatic heterocycles. The highest BCUT2D eigenvalue weighted by Gasteiger charge is 2.38. The van der Waals surface area contributed by atoms with E-state index in [0.717, 1.165) is 42.7 Å². The molecular weight excluding hydrogens is 345 g/mol. The number of nitrogens with two attached hydrogens (primary N) is 1. The molecule has 1 fully saturated rings. The Labute approximate surface area is 158 Å². The molecule has 6 nitrogen and oxygen atoms in total. The summed E-state index contributed by atoms with van der Waals surface area (Å²) in [5.41, 5.74) is 8.64. The van der Waals surface area contributed by atoms with Gasteiger partial charge in [-0.2, -0.15) is 0 Å². The highest BCUT2D eigenvalue weighted by atomic mass is 19.1. The fraction of sp³-hybridized carbons (Fsp3) is 0.400. The predicted molar refractivity (Wildman–Crippen MR) is 104 cm³/mol. The Morgan fingerprint density at radius 1 is 1.33 bits per heavy atom. The molecule has 0 spiro atoms. The number of aromatic nitrogens is 1. The monoisotopic (exact) mass is 369 g/mol. The molecule has 0 saturated carbocycles. The third kappa shape index (κ3) is 3.12. The molecule has 2 N–H and O–H groups in total. The van der Waals surface area contributed by atoms with Crippen molar-refractivity contribution >= 4 is 23.2 Å². The van der Waals surface area contributed by atoms with Crippen molar-refractivity contribution in [2.45, 2.75) is 32.4 Å². The van der Waals surface area contributed by atoms with E-state index in [4.69, 9.17) is 5.73 Å². The number of carbonyl (C=O) groups excluding carboxylic acids is 1. The van der Waals surface area contributed by atoms with Crippen molar-refractivity contribution in [2.75, 3.05) is 35.7 Å². The number of hydrogen-bond acceptors (Lipinski definition) is 4. The lowest BCUT2D eigenvalue weighted by Gasteiger charge is -2.44. The van der Waals surface area contributed by atoms with E-state index < -0.39 is 5.82 Å². The molecule has 7 heteroatoms. The average Bonchev–Trinajstić information content (AvgIpc) is 2.62. The zero-order chi connectivity index (χ0) is 19.1. The summed E-state index contributed by atoms with van der Waals surface area (Å²) in [5, 5.41) is 0. The van der Waals surface area contributed by atoms with Gasteiger partial charge in [0.1, 0.15) is 11.6 Å². The number of fused-ring (bicyclic) bond motifs is 1. The number of carbonyl (C=O) groups is 1. The first-order chi connectivity index (χ1) is 13.0. The van der Waals surface area contributed by atoms with Crippen molar-refractivity contribution in [3.63, 3.8) is 0 Å². The van der Waals surface area contributed by atoms with Crippen LogP contribution < -0.4 is 15.5 Å². The molecule has 0 aliphatic carbocycles. The van der Waals surface area contributed by atoms with Crippen molar-refractivity contribution in [1.82, 2.24) is 9.88 Å². The second-order valence-corrected chi connectivity index (χ2v) is 7.44. The fourth-order valence-corrected chi connectivity index (χ4v) is 4.15. The Morgan fingerprint density at radius 3 is 2.89 bits per heavy atom. The smallest absolute Gasteiger partial charge is 0.329 e. The van der Waals surface area contributed by atoms with Gasteiger partial charge < -0.3 is 10.6 Å². The quantitative estimate of drug-likeness (QED) is 0.883. The Kier molecular flexibility index (Phi) is 4.47. The van der Waals surface area contributed by atoms with Gasteiger partial charge in [-0.15, -0.1) is 0 Å². The minimum atomic E-state index is -0.393. The number of pyridine rings is 1. The van der Waals surface area contributed by atoms with Gasteiger partial charge in [0.15, 0.2) is 0 Å². The topological polar surface area (TPSA) is 65.7 Å². The number of halogens is 1. The van der Waals surface area contributed by atoms with E-state index in [0.29, 0.717) is 11.5 Å². The van der Waals surface area contributed by atoms with Crippen molar-refractivity contribution in [2.24, 2.45) is 0 Å². The van der Waals surface area contributed by atoms with Crippen LogP contribution >= 0.6 is 0 Å². The SMILES string of the molecule is Cc1cccc(F)c1N1Cc2cnc(N)cc2N([C@@H]2CCCN(C)C2)C1=O. The normalized spacial score (nSPS) is 20.7. The first-order valence-electron chi connectivity index (χ1n) is 9.24. The third-order valence-corrected chi connectivity index (χ3v) is 5.43. The largest absolute Gasteiger partial charge is 0.384 e. The highest BCUT2D eigenvalue weighted by molar-refractivity contribution is 6.07. The number of nitrogen functional groups attached to an aromatic ring is 1. The zero-order valence-corrected chi connectivity index (χ0v) is 15.7. The molecule has 27 heavy (non-hydrogen) atoms. The molecule has 0 radical (unpaired) electrons. The summed E-state index contributed by atoms with van der Waals surface area (Å²) in [4.78, 5) is 23.2. The number of rotatable bonds is 2. The maximum absolute atomic E-state index is 14.6. The molecule has 1 atom stereocenters. The number of hydrogen-bond donors (Lipinski definition) is 1. The van der Waals surface area contributed by atoms with Crippen molar-refractivity contribution in [3.8, 4) is 0 Å². The van der Waals surface area contributed by atoms with Crippen LogP contribution in [0.4, 0.5) is 26.4 Å². The van der Waals surface area contributed by atoms with Gasteiger partial charge in [-0.1, -0.05) is 12.1 Å². The maximum atomic E-state index is 14.6. The van der Waals surface area contributed by atoms with Crippen LogP contribution in [0.1, 0.15) is 24.0 Å². The third-order valence-electron chi connectivity index (χ3n) is 5.43. The van der Waals surface area contributed by atoms with E-state index in [9.17, 15) is 9.18 Å². The van der Waals surface area contributed by atoms with E-state index in [-0.39, 0.29) is 18.6 Å². The summed E-state index contributed by atoms with van der Waals surface area (Å²) in [6.07, 6.45) is 3.61. The minimum absolute atomic E-state index is 0.0201. The van der Waals surface area contributed by atoms with Crippen LogP contribution in [0, 0.1) is 12.7 Å². The van der Waals surface area contributed by atoms with Crippen LogP contribution in [0.3, 0.4) is 0 Å². The number of likely N-dealkylation sites (N-methyl/N-ethyl adjacent to an activating group) is 1. The maximum Gasteiger partial charge on any atom is 0.329 e. The molecule has 4 rings (SSSR count). The number of aryl methyl sites for hydroxylation is 1. The van der Waals surface area contributed by atoms with Gasteiger partial charge in [-0.05, 0) is 45.0 Å². The molecule has 1 aromatic carbocycles. The summed E-state index contributed by atoms with van der Waals surface area (Å²) < 4.78 is 14.6. The predicted octanol–water partition coefficient (Wildman–Crippen LogP) is 3.15. The number of amides is 2. The molecule has 2 aromatic rings. The van der Waals surface area contributed by atoms with Crippen LogP contribution in [-0.4, -0.2) is 42.1 Å². The van der Waals surface area contributed by atoms with E-state index in [1.807, 2.05) is 13.0 Å². The van der Waals surface area contributed by atoms with E-state index in [2.05, 4.69) is 16.9 Å². The summed E-state index contributed by atoms with van der Waals surface area (Å²) in [7, 11) is 2.06. The number of anilines is 3. The van der Waals surface area contributed by atoms with Gasteiger partial charge in [0.05, 0.1) is 24.0 Å². The van der Waals surface area contributed by atoms with Crippen LogP contribution in [0.5, 0.6) is 0 Å². The second kappa shape index (κ2) is 6.81. The molecule has 2 amide bonds. The first-order valence-corrected chi connectivity index (χ1v) is 9.24. The van der Waals surface area contributed by atoms with E-state index >= 15 is 0 Å². The number of nitrogens with zero attached hydrogens (tertiary/aromatic N) is 4. The lowest BCUT2D eigenvalue weighted by atomic mass is 10.0. The van der Waals surface area contributed by atoms with E-state index in [1.54, 1.807) is 23.2 Å². The molecule has 1 aromatic heterocycles. The molecule has 0 unspecified atom stereocenters. The van der Waals surface area contributed by atoms with Crippen molar-refractivity contribution in [3.05, 3.63) is 47.4 Å². The van der Waals surface area contributed by atoms with Gasteiger partial charge >= 0.3 is 6.03 Å². The number of benzene rings is 1. The number of piperidine rings is 1. The number of para-hydroxylation sites is 1. The van der Waals surface area contributed by atoms with Crippen molar-refractivity contribution < 1.29 is 9.18 Å². The van der Waals surface area contributed by atoms with Crippen LogP contribution in [0.25, 0.3) is 0 Å². The highest BCUT2D eigenvalue weighted by Crippen LogP contribution is 2.37. The summed E-state index contributed by atoms with van der Waals surface area (Å²) >= 11 is 0. The standard InChI is InChI=1S/C20H24FN5O/c1-13-5-3-7-16(21)19(13)25-11-14-10-23-18(22)9-17(14)26(20(25)27)15-6-4-8-24(2)12-15/h3,5,7,9-10,15H,4,6,8,11-12H2,1-2H3,(H2,22,23)/t15-/m1/s1. The first kappa shape index (κ1) is 17.7. The Hall–Kier alpha value is -2.67. The lowest BCUT2D eigenvalue weighted by molar-refractivity contribution is 0.225. The van der Waals surface area contributed by atoms with Crippen LogP contribution in [-0.2, 0) is 6.54 Å². The Morgan fingerprint density at radius 2 is 2.15 bits per heavy atom. The van der Waals surface area contributed by atoms with Gasteiger partial charge in [0.25, 0.3) is 0 Å². The van der Waals surface area contributed by atoms with Gasteiger partial charge in [-0.25, -0.2) is 14.2 Å². The van der Waals surface area contributed by atoms with Gasteiger partial charge in [0, 0.05) is 24.4 Å². The lowest BCUT2D eigenvalue weighted by Crippen LogP contribution is -2.56. The molecule has 2 aliphatic rings. The summed E-state index contributed by atoms with van der Waals surface area (Å²) in [6, 6.07) is 6.44. The summed E-state index contributed by atoms with van der Waals surface area (Å²) in [6.45, 7) is 3.89. The zero-order valence-electron chi connectivity index (χ0n) is 15.7. The molecular formula is C20H24FN5O. The molecule has 0 bridgehead atoms. The molecule has 1 saturated heterocycles. The van der Waals surface area contributed by atoms with E-state index in [1.165, 1.54) is 11.0 Å². The van der Waals surface area contributed by atoms with Gasteiger partial charge in [0.2, 0.25) is 0 Å². The number of likely N-dealkylation sites (tertiary alicyclic amines) is 1. The van der Waals surface area contributed by atoms with Gasteiger partial charge in [-0.3, -0.25) is 9.80 Å². The second-order valence-electron chi connectivity index (χ2n) is 7.44. The molecule has 3 heterocycles. The molecule has 142 valence electrons.